The molecular formula is C6H14O2P+. The second-order valence-electron chi connectivity index (χ2n) is 2.29. The largest absolute Gasteiger partial charge is 0.508 e. The molecule has 0 saturated heterocycles. The van der Waals surface area contributed by atoms with Gasteiger partial charge in [0.2, 0.25) is 0 Å². The Balaban J connectivity index is 3.27. The molecule has 0 aromatic heterocycles. The molecule has 2 atom stereocenters. The predicted molar refractivity (Wildman–Crippen MR) is 38.8 cm³/mol. The van der Waals surface area contributed by atoms with E-state index >= 15 is 0 Å². The maximum atomic E-state index is 10.4. The van der Waals surface area contributed by atoms with Crippen molar-refractivity contribution < 1.29 is 9.46 Å². The molecular weight excluding hydrogens is 135 g/mol. The van der Waals surface area contributed by atoms with Crippen LogP contribution in [0.25, 0.3) is 0 Å². The van der Waals surface area contributed by atoms with E-state index in [0.717, 1.165) is 19.3 Å². The normalized spacial score (nSPS) is 15.2. The minimum atomic E-state index is -1.92. The van der Waals surface area contributed by atoms with Crippen LogP contribution in [-0.2, 0) is 4.57 Å². The second-order valence-corrected chi connectivity index (χ2v) is 3.78. The van der Waals surface area contributed by atoms with Gasteiger partial charge in [-0.15, -0.1) is 0 Å². The van der Waals surface area contributed by atoms with Crippen molar-refractivity contribution in [2.75, 3.05) is 0 Å². The third kappa shape index (κ3) is 4.56. The van der Waals surface area contributed by atoms with Crippen molar-refractivity contribution >= 4 is 8.03 Å². The van der Waals surface area contributed by atoms with Crippen molar-refractivity contribution in [1.29, 1.82) is 0 Å². The van der Waals surface area contributed by atoms with Crippen molar-refractivity contribution in [3.8, 4) is 0 Å². The van der Waals surface area contributed by atoms with E-state index in [1.165, 1.54) is 0 Å². The van der Waals surface area contributed by atoms with Crippen LogP contribution in [0.2, 0.25) is 0 Å². The van der Waals surface area contributed by atoms with Gasteiger partial charge in [0.25, 0.3) is 0 Å². The summed E-state index contributed by atoms with van der Waals surface area (Å²) in [5.41, 5.74) is -0.0139. The van der Waals surface area contributed by atoms with E-state index < -0.39 is 8.03 Å². The number of hydrogen-bond acceptors (Lipinski definition) is 1. The van der Waals surface area contributed by atoms with Gasteiger partial charge >= 0.3 is 8.03 Å². The van der Waals surface area contributed by atoms with Crippen LogP contribution in [0.3, 0.4) is 0 Å². The Hall–Kier alpha value is 0.0600. The Labute approximate surface area is 57.1 Å². The molecule has 0 aliphatic carbocycles. The van der Waals surface area contributed by atoms with Gasteiger partial charge in [-0.2, -0.15) is 4.89 Å². The van der Waals surface area contributed by atoms with Gasteiger partial charge in [0.15, 0.2) is 5.66 Å². The summed E-state index contributed by atoms with van der Waals surface area (Å²) < 4.78 is 10.4. The van der Waals surface area contributed by atoms with Crippen LogP contribution in [0.5, 0.6) is 0 Å². The van der Waals surface area contributed by atoms with Gasteiger partial charge in [0, 0.05) is 0 Å². The molecule has 0 saturated carbocycles. The Morgan fingerprint density at radius 1 is 1.67 bits per heavy atom. The highest BCUT2D eigenvalue weighted by atomic mass is 31.1. The zero-order valence-electron chi connectivity index (χ0n) is 6.00. The van der Waals surface area contributed by atoms with E-state index in [4.69, 9.17) is 4.89 Å². The lowest BCUT2D eigenvalue weighted by Crippen LogP contribution is -1.93. The summed E-state index contributed by atoms with van der Waals surface area (Å²) in [6.45, 7) is 3.89. The summed E-state index contributed by atoms with van der Waals surface area (Å²) in [6, 6.07) is 0. The van der Waals surface area contributed by atoms with E-state index in [1.54, 1.807) is 0 Å². The van der Waals surface area contributed by atoms with Gasteiger partial charge in [0.05, 0.1) is 0 Å². The first-order chi connectivity index (χ1) is 4.18. The van der Waals surface area contributed by atoms with Crippen LogP contribution in [0, 0.1) is 0 Å². The Morgan fingerprint density at radius 2 is 2.22 bits per heavy atom. The molecule has 0 aliphatic rings. The lowest BCUT2D eigenvalue weighted by Gasteiger charge is -1.93. The molecule has 54 valence electrons. The highest BCUT2D eigenvalue weighted by Crippen LogP contribution is 2.25. The van der Waals surface area contributed by atoms with Crippen LogP contribution in [0.1, 0.15) is 33.1 Å². The van der Waals surface area contributed by atoms with Crippen molar-refractivity contribution in [2.24, 2.45) is 0 Å². The molecule has 3 heteroatoms. The van der Waals surface area contributed by atoms with Gasteiger partial charge in [-0.05, 0) is 24.3 Å². The molecule has 2 unspecified atom stereocenters. The molecule has 0 fully saturated rings. The van der Waals surface area contributed by atoms with Gasteiger partial charge in [-0.25, -0.2) is 0 Å². The topological polar surface area (TPSA) is 37.3 Å². The fraction of sp³-hybridized carbons (Fsp3) is 1.00. The third-order valence-corrected chi connectivity index (χ3v) is 2.36. The SMILES string of the molecule is CCCCC(C)[P+](=O)O. The molecule has 1 N–H and O–H groups in total. The quantitative estimate of drug-likeness (QED) is 0.622. The molecule has 0 heterocycles. The fourth-order valence-electron chi connectivity index (χ4n) is 0.610. The lowest BCUT2D eigenvalue weighted by molar-refractivity contribution is 0.485. The summed E-state index contributed by atoms with van der Waals surface area (Å²) in [6.07, 6.45) is 3.04. The van der Waals surface area contributed by atoms with Crippen LogP contribution >= 0.6 is 8.03 Å². The van der Waals surface area contributed by atoms with Crippen molar-refractivity contribution in [3.05, 3.63) is 0 Å². The van der Waals surface area contributed by atoms with Gasteiger partial charge in [0.1, 0.15) is 0 Å². The van der Waals surface area contributed by atoms with E-state index in [9.17, 15) is 4.57 Å². The molecule has 9 heavy (non-hydrogen) atoms. The fourth-order valence-corrected chi connectivity index (χ4v) is 1.01. The molecule has 0 aliphatic heterocycles. The highest BCUT2D eigenvalue weighted by Gasteiger charge is 2.21. The minimum Gasteiger partial charge on any atom is -0.161 e. The number of hydrogen-bond donors (Lipinski definition) is 1. The zero-order chi connectivity index (χ0) is 7.28. The first-order valence-electron chi connectivity index (χ1n) is 3.33. The van der Waals surface area contributed by atoms with Gasteiger partial charge < -0.3 is 0 Å². The average Bonchev–Trinajstić information content (AvgIpc) is 1.82. The summed E-state index contributed by atoms with van der Waals surface area (Å²) in [7, 11) is -1.92. The average molecular weight is 149 g/mol. The molecule has 0 rings (SSSR count). The monoisotopic (exact) mass is 149 g/mol. The summed E-state index contributed by atoms with van der Waals surface area (Å²) >= 11 is 0. The predicted octanol–water partition coefficient (Wildman–Crippen LogP) is 2.30. The third-order valence-electron chi connectivity index (χ3n) is 1.35. The Kier molecular flexibility index (Phi) is 4.93. The van der Waals surface area contributed by atoms with Crippen LogP contribution in [-0.4, -0.2) is 10.6 Å². The molecule has 0 aromatic carbocycles. The van der Waals surface area contributed by atoms with E-state index in [1.807, 2.05) is 6.92 Å². The molecule has 0 bridgehead atoms. The molecule has 0 spiro atoms. The molecule has 2 nitrogen and oxygen atoms in total. The van der Waals surface area contributed by atoms with Crippen LogP contribution in [0.4, 0.5) is 0 Å². The van der Waals surface area contributed by atoms with Crippen LogP contribution in [0.15, 0.2) is 0 Å². The number of unbranched alkanes of at least 4 members (excludes halogenated alkanes) is 1. The lowest BCUT2D eigenvalue weighted by atomic mass is 10.2. The standard InChI is InChI=1S/C6H13O2P/c1-3-4-5-6(2)9(7)8/h6H,3-5H2,1-2H3/p+1. The summed E-state index contributed by atoms with van der Waals surface area (Å²) in [5, 5.41) is 0. The maximum absolute atomic E-state index is 10.4. The Morgan fingerprint density at radius 3 is 2.56 bits per heavy atom. The molecule has 0 amide bonds. The van der Waals surface area contributed by atoms with Crippen LogP contribution < -0.4 is 0 Å². The Bertz CT molecular complexity index is 93.1. The van der Waals surface area contributed by atoms with Crippen molar-refractivity contribution in [1.82, 2.24) is 0 Å². The molecule has 0 aromatic rings. The summed E-state index contributed by atoms with van der Waals surface area (Å²) in [5.74, 6) is 0. The minimum absolute atomic E-state index is 0.0139. The van der Waals surface area contributed by atoms with Gasteiger partial charge in [-0.3, -0.25) is 0 Å². The smallest absolute Gasteiger partial charge is 0.161 e. The maximum Gasteiger partial charge on any atom is 0.508 e. The highest BCUT2D eigenvalue weighted by molar-refractivity contribution is 7.38. The molecule has 0 radical (unpaired) electrons. The van der Waals surface area contributed by atoms with Crippen molar-refractivity contribution in [2.45, 2.75) is 38.8 Å². The first-order valence-corrected chi connectivity index (χ1v) is 4.62. The van der Waals surface area contributed by atoms with Crippen molar-refractivity contribution in [3.63, 3.8) is 0 Å². The summed E-state index contributed by atoms with van der Waals surface area (Å²) in [4.78, 5) is 8.56. The first kappa shape index (κ1) is 9.06. The second kappa shape index (κ2) is 4.89. The van der Waals surface area contributed by atoms with E-state index in [-0.39, 0.29) is 5.66 Å². The van der Waals surface area contributed by atoms with E-state index in [2.05, 4.69) is 6.92 Å². The zero-order valence-corrected chi connectivity index (χ0v) is 6.90. The van der Waals surface area contributed by atoms with Gasteiger partial charge in [-0.1, -0.05) is 13.3 Å². The van der Waals surface area contributed by atoms with E-state index in [0.29, 0.717) is 0 Å². The number of rotatable bonds is 4.